The SMILES string of the molecule is O=NC(Cc1c[nH]c2ccccc12)N[C@@H](Cc1ccccc1)C(=O)O. The van der Waals surface area contributed by atoms with Gasteiger partial charge in [-0.25, -0.2) is 0 Å². The van der Waals surface area contributed by atoms with Crippen molar-refractivity contribution in [1.82, 2.24) is 10.3 Å². The number of H-pyrrole nitrogens is 1. The van der Waals surface area contributed by atoms with Crippen LogP contribution in [0.2, 0.25) is 0 Å². The van der Waals surface area contributed by atoms with E-state index >= 15 is 0 Å². The highest BCUT2D eigenvalue weighted by Gasteiger charge is 2.23. The lowest BCUT2D eigenvalue weighted by atomic mass is 10.0. The summed E-state index contributed by atoms with van der Waals surface area (Å²) in [6.45, 7) is 0. The smallest absolute Gasteiger partial charge is 0.321 e. The first-order valence-electron chi connectivity index (χ1n) is 8.07. The van der Waals surface area contributed by atoms with Crippen molar-refractivity contribution in [2.45, 2.75) is 25.0 Å². The van der Waals surface area contributed by atoms with Gasteiger partial charge in [-0.1, -0.05) is 53.7 Å². The fraction of sp³-hybridized carbons (Fsp3) is 0.211. The number of aliphatic carboxylic acids is 1. The van der Waals surface area contributed by atoms with Gasteiger partial charge in [-0.05, 0) is 23.6 Å². The number of carbonyl (C=O) groups is 1. The summed E-state index contributed by atoms with van der Waals surface area (Å²) in [5.74, 6) is -1.00. The Morgan fingerprint density at radius 3 is 2.52 bits per heavy atom. The molecule has 128 valence electrons. The number of aromatic amines is 1. The van der Waals surface area contributed by atoms with Crippen LogP contribution in [0.4, 0.5) is 0 Å². The zero-order valence-corrected chi connectivity index (χ0v) is 13.6. The van der Waals surface area contributed by atoms with Crippen LogP contribution < -0.4 is 5.32 Å². The van der Waals surface area contributed by atoms with Crippen LogP contribution in [-0.4, -0.2) is 28.3 Å². The molecule has 1 unspecified atom stereocenters. The van der Waals surface area contributed by atoms with Crippen LogP contribution in [0.3, 0.4) is 0 Å². The van der Waals surface area contributed by atoms with Crippen molar-refractivity contribution >= 4 is 16.9 Å². The molecule has 3 N–H and O–H groups in total. The Morgan fingerprint density at radius 2 is 1.80 bits per heavy atom. The number of hydrogen-bond acceptors (Lipinski definition) is 4. The van der Waals surface area contributed by atoms with E-state index in [-0.39, 0.29) is 6.42 Å². The highest BCUT2D eigenvalue weighted by atomic mass is 16.4. The minimum Gasteiger partial charge on any atom is -0.480 e. The molecule has 0 bridgehead atoms. The van der Waals surface area contributed by atoms with Crippen LogP contribution in [0.1, 0.15) is 11.1 Å². The minimum atomic E-state index is -1.00. The predicted molar refractivity (Wildman–Crippen MR) is 96.3 cm³/mol. The minimum absolute atomic E-state index is 0.288. The number of carboxylic acid groups (broad SMARTS) is 1. The number of carboxylic acids is 1. The molecule has 0 radical (unpaired) electrons. The van der Waals surface area contributed by atoms with Crippen LogP contribution in [0.5, 0.6) is 0 Å². The third kappa shape index (κ3) is 4.10. The van der Waals surface area contributed by atoms with E-state index in [2.05, 4.69) is 15.5 Å². The van der Waals surface area contributed by atoms with Gasteiger partial charge in [0.25, 0.3) is 0 Å². The summed E-state index contributed by atoms with van der Waals surface area (Å²) in [5.41, 5.74) is 2.79. The number of para-hydroxylation sites is 1. The Bertz CT molecular complexity index is 860. The van der Waals surface area contributed by atoms with Gasteiger partial charge in [0.1, 0.15) is 12.2 Å². The Morgan fingerprint density at radius 1 is 1.08 bits per heavy atom. The molecule has 0 spiro atoms. The Balaban J connectivity index is 1.73. The molecule has 0 aliphatic rings. The molecule has 0 saturated heterocycles. The first-order valence-corrected chi connectivity index (χ1v) is 8.07. The second-order valence-electron chi connectivity index (χ2n) is 5.93. The van der Waals surface area contributed by atoms with Gasteiger partial charge in [0.15, 0.2) is 0 Å². The van der Waals surface area contributed by atoms with Crippen molar-refractivity contribution in [3.8, 4) is 0 Å². The number of hydrogen-bond donors (Lipinski definition) is 3. The molecule has 1 aromatic heterocycles. The van der Waals surface area contributed by atoms with E-state index < -0.39 is 18.2 Å². The topological polar surface area (TPSA) is 94.5 Å². The van der Waals surface area contributed by atoms with E-state index in [1.165, 1.54) is 0 Å². The van der Waals surface area contributed by atoms with Gasteiger partial charge in [-0.3, -0.25) is 10.1 Å². The zero-order valence-electron chi connectivity index (χ0n) is 13.6. The molecule has 0 fully saturated rings. The van der Waals surface area contributed by atoms with Gasteiger partial charge >= 0.3 is 5.97 Å². The molecule has 0 saturated carbocycles. The van der Waals surface area contributed by atoms with Crippen LogP contribution in [0.15, 0.2) is 66.0 Å². The molecule has 2 atom stereocenters. The van der Waals surface area contributed by atoms with Crippen LogP contribution in [-0.2, 0) is 17.6 Å². The molecule has 3 rings (SSSR count). The molecular formula is C19H19N3O3. The molecule has 0 amide bonds. The third-order valence-corrected chi connectivity index (χ3v) is 4.19. The fourth-order valence-corrected chi connectivity index (χ4v) is 2.93. The van der Waals surface area contributed by atoms with Gasteiger partial charge in [-0.2, -0.15) is 0 Å². The number of rotatable bonds is 8. The molecule has 3 aromatic rings. The summed E-state index contributed by atoms with van der Waals surface area (Å²) in [6.07, 6.45) is 1.63. The predicted octanol–water partition coefficient (Wildman–Crippen LogP) is 3.09. The van der Waals surface area contributed by atoms with Crippen molar-refractivity contribution in [2.24, 2.45) is 5.18 Å². The van der Waals surface area contributed by atoms with Crippen molar-refractivity contribution in [3.05, 3.63) is 76.8 Å². The summed E-state index contributed by atoms with van der Waals surface area (Å²) in [4.78, 5) is 26.0. The molecule has 2 aromatic carbocycles. The first kappa shape index (κ1) is 16.9. The van der Waals surface area contributed by atoms with E-state index in [9.17, 15) is 14.8 Å². The number of nitroso groups, excluding NO2 is 1. The van der Waals surface area contributed by atoms with Crippen molar-refractivity contribution < 1.29 is 9.90 Å². The molecule has 6 heteroatoms. The Hall–Kier alpha value is -2.99. The monoisotopic (exact) mass is 337 g/mol. The van der Waals surface area contributed by atoms with Crippen LogP contribution in [0, 0.1) is 4.91 Å². The Kier molecular flexibility index (Phi) is 5.20. The number of fused-ring (bicyclic) bond motifs is 1. The summed E-state index contributed by atoms with van der Waals surface area (Å²) in [6, 6.07) is 16.2. The van der Waals surface area contributed by atoms with E-state index in [0.29, 0.717) is 6.42 Å². The maximum absolute atomic E-state index is 11.6. The molecule has 0 aliphatic heterocycles. The highest BCUT2D eigenvalue weighted by Crippen LogP contribution is 2.19. The normalized spacial score (nSPS) is 13.4. The third-order valence-electron chi connectivity index (χ3n) is 4.19. The standard InChI is InChI=1S/C19H19N3O3/c23-19(24)17(10-13-6-2-1-3-7-13)21-18(22-25)11-14-12-20-16-9-5-4-8-15(14)16/h1-9,12,17-18,20-21H,10-11H2,(H,23,24)/t17-,18?/m0/s1. The van der Waals surface area contributed by atoms with Gasteiger partial charge in [0.2, 0.25) is 0 Å². The van der Waals surface area contributed by atoms with Gasteiger partial charge in [-0.15, -0.1) is 4.91 Å². The second-order valence-corrected chi connectivity index (χ2v) is 5.93. The summed E-state index contributed by atoms with van der Waals surface area (Å²) in [5, 5.41) is 16.4. The average Bonchev–Trinajstić information content (AvgIpc) is 3.04. The molecule has 25 heavy (non-hydrogen) atoms. The second kappa shape index (κ2) is 7.72. The molecule has 0 aliphatic carbocycles. The van der Waals surface area contributed by atoms with Gasteiger partial charge in [0.05, 0.1) is 0 Å². The van der Waals surface area contributed by atoms with Crippen molar-refractivity contribution in [1.29, 1.82) is 0 Å². The highest BCUT2D eigenvalue weighted by molar-refractivity contribution is 5.83. The van der Waals surface area contributed by atoms with Gasteiger partial charge < -0.3 is 10.1 Å². The van der Waals surface area contributed by atoms with Gasteiger partial charge in [0, 0.05) is 23.5 Å². The lowest BCUT2D eigenvalue weighted by molar-refractivity contribution is -0.139. The zero-order chi connectivity index (χ0) is 17.6. The van der Waals surface area contributed by atoms with Crippen LogP contribution >= 0.6 is 0 Å². The molecule has 6 nitrogen and oxygen atoms in total. The van der Waals surface area contributed by atoms with E-state index in [1.807, 2.05) is 60.8 Å². The van der Waals surface area contributed by atoms with Crippen LogP contribution in [0.25, 0.3) is 10.9 Å². The summed E-state index contributed by atoms with van der Waals surface area (Å²) in [7, 11) is 0. The Labute approximate surface area is 144 Å². The van der Waals surface area contributed by atoms with E-state index in [0.717, 1.165) is 22.0 Å². The number of aromatic nitrogens is 1. The number of nitrogens with zero attached hydrogens (tertiary/aromatic N) is 1. The quantitative estimate of drug-likeness (QED) is 0.551. The summed E-state index contributed by atoms with van der Waals surface area (Å²) >= 11 is 0. The maximum atomic E-state index is 11.6. The first-order chi connectivity index (χ1) is 12.2. The molecular weight excluding hydrogens is 318 g/mol. The maximum Gasteiger partial charge on any atom is 0.321 e. The largest absolute Gasteiger partial charge is 0.480 e. The lowest BCUT2D eigenvalue weighted by Crippen LogP contribution is -2.44. The fourth-order valence-electron chi connectivity index (χ4n) is 2.93. The van der Waals surface area contributed by atoms with E-state index in [1.54, 1.807) is 0 Å². The number of nitrogens with one attached hydrogen (secondary N) is 2. The lowest BCUT2D eigenvalue weighted by Gasteiger charge is -2.18. The van der Waals surface area contributed by atoms with Crippen molar-refractivity contribution in [3.63, 3.8) is 0 Å². The van der Waals surface area contributed by atoms with Crippen molar-refractivity contribution in [2.75, 3.05) is 0 Å². The number of benzene rings is 2. The molecule has 1 heterocycles. The van der Waals surface area contributed by atoms with E-state index in [4.69, 9.17) is 0 Å². The summed E-state index contributed by atoms with van der Waals surface area (Å²) < 4.78 is 0. The average molecular weight is 337 g/mol.